The summed E-state index contributed by atoms with van der Waals surface area (Å²) in [5.74, 6) is 0.943. The van der Waals surface area contributed by atoms with Crippen LogP contribution in [0.2, 0.25) is 0 Å². The average Bonchev–Trinajstić information content (AvgIpc) is 2.89. The van der Waals surface area contributed by atoms with Gasteiger partial charge in [-0.05, 0) is 0 Å². The fourth-order valence-corrected chi connectivity index (χ4v) is 2.18. The minimum absolute atomic E-state index is 0.833. The van der Waals surface area contributed by atoms with Gasteiger partial charge in [0.1, 0.15) is 5.82 Å². The molecule has 94 valence electrons. The molecule has 0 atom stereocenters. The molecule has 4 nitrogen and oxygen atoms in total. The first-order valence-electron chi connectivity index (χ1n) is 6.31. The Morgan fingerprint density at radius 3 is 2.72 bits per heavy atom. The fraction of sp³-hybridized carbons (Fsp3) is 0.357. The van der Waals surface area contributed by atoms with Crippen molar-refractivity contribution in [2.24, 2.45) is 0 Å². The zero-order chi connectivity index (χ0) is 12.2. The predicted molar refractivity (Wildman–Crippen MR) is 70.1 cm³/mol. The molecule has 0 spiro atoms. The van der Waals surface area contributed by atoms with Crippen LogP contribution >= 0.6 is 0 Å². The van der Waals surface area contributed by atoms with E-state index in [0.29, 0.717) is 0 Å². The molecule has 0 bridgehead atoms. The van der Waals surface area contributed by atoms with Gasteiger partial charge in [0, 0.05) is 37.1 Å². The minimum Gasteiger partial charge on any atom is -0.379 e. The molecule has 2 aromatic rings. The van der Waals surface area contributed by atoms with Crippen LogP contribution in [-0.4, -0.2) is 41.2 Å². The lowest BCUT2D eigenvalue weighted by Crippen LogP contribution is -2.35. The van der Waals surface area contributed by atoms with Crippen molar-refractivity contribution in [1.82, 2.24) is 14.9 Å². The maximum atomic E-state index is 5.34. The van der Waals surface area contributed by atoms with Crippen molar-refractivity contribution in [1.29, 1.82) is 0 Å². The van der Waals surface area contributed by atoms with Crippen molar-refractivity contribution in [3.05, 3.63) is 42.2 Å². The molecule has 0 aliphatic carbocycles. The number of H-pyrrole nitrogens is 1. The molecule has 1 fully saturated rings. The highest BCUT2D eigenvalue weighted by molar-refractivity contribution is 5.54. The fourth-order valence-electron chi connectivity index (χ4n) is 2.18. The smallest absolute Gasteiger partial charge is 0.137 e. The summed E-state index contributed by atoms with van der Waals surface area (Å²) in [4.78, 5) is 10.2. The van der Waals surface area contributed by atoms with Gasteiger partial charge in [0.2, 0.25) is 0 Å². The molecule has 0 saturated carbocycles. The summed E-state index contributed by atoms with van der Waals surface area (Å²) in [6.07, 6.45) is 1.93. The number of aromatic nitrogens is 2. The number of aromatic amines is 1. The maximum absolute atomic E-state index is 5.34. The van der Waals surface area contributed by atoms with E-state index in [1.807, 2.05) is 24.4 Å². The van der Waals surface area contributed by atoms with E-state index in [-0.39, 0.29) is 0 Å². The second kappa shape index (κ2) is 5.33. The Morgan fingerprint density at radius 2 is 1.94 bits per heavy atom. The first-order valence-corrected chi connectivity index (χ1v) is 6.31. The lowest BCUT2D eigenvalue weighted by molar-refractivity contribution is 0.0337. The summed E-state index contributed by atoms with van der Waals surface area (Å²) in [7, 11) is 0. The number of hydrogen-bond donors (Lipinski definition) is 1. The van der Waals surface area contributed by atoms with E-state index >= 15 is 0 Å². The molecule has 0 radical (unpaired) electrons. The van der Waals surface area contributed by atoms with E-state index in [2.05, 4.69) is 27.0 Å². The molecule has 1 aliphatic rings. The van der Waals surface area contributed by atoms with Crippen LogP contribution in [-0.2, 0) is 11.3 Å². The van der Waals surface area contributed by atoms with E-state index in [4.69, 9.17) is 4.74 Å². The maximum Gasteiger partial charge on any atom is 0.137 e. The lowest BCUT2D eigenvalue weighted by atomic mass is 10.2. The molecule has 0 unspecified atom stereocenters. The summed E-state index contributed by atoms with van der Waals surface area (Å²) in [6.45, 7) is 4.59. The standard InChI is InChI=1S/C14H17N3O/c1-2-4-12(5-3-1)14-15-10-13(16-14)11-17-6-8-18-9-7-17/h1-5,10H,6-9,11H2,(H,15,16). The Kier molecular flexibility index (Phi) is 3.39. The number of nitrogens with one attached hydrogen (secondary N) is 1. The van der Waals surface area contributed by atoms with E-state index < -0.39 is 0 Å². The van der Waals surface area contributed by atoms with Crippen molar-refractivity contribution in [2.45, 2.75) is 6.54 Å². The molecule has 2 heterocycles. The first kappa shape index (κ1) is 11.4. The third kappa shape index (κ3) is 2.60. The largest absolute Gasteiger partial charge is 0.379 e. The van der Waals surface area contributed by atoms with Gasteiger partial charge in [-0.3, -0.25) is 4.90 Å². The van der Waals surface area contributed by atoms with E-state index in [0.717, 1.165) is 49.9 Å². The summed E-state index contributed by atoms with van der Waals surface area (Å²) in [5.41, 5.74) is 2.29. The highest BCUT2D eigenvalue weighted by Crippen LogP contribution is 2.15. The summed E-state index contributed by atoms with van der Waals surface area (Å²) in [6, 6.07) is 10.2. The Labute approximate surface area is 107 Å². The van der Waals surface area contributed by atoms with Crippen molar-refractivity contribution in [3.8, 4) is 11.4 Å². The summed E-state index contributed by atoms with van der Waals surface area (Å²) in [5, 5.41) is 0. The first-order chi connectivity index (χ1) is 8.92. The molecule has 3 rings (SSSR count). The molecule has 4 heteroatoms. The topological polar surface area (TPSA) is 41.2 Å². The Bertz CT molecular complexity index is 489. The zero-order valence-electron chi connectivity index (χ0n) is 10.3. The van der Waals surface area contributed by atoms with Crippen molar-refractivity contribution in [3.63, 3.8) is 0 Å². The van der Waals surface area contributed by atoms with Crippen LogP contribution in [0.5, 0.6) is 0 Å². The highest BCUT2D eigenvalue weighted by Gasteiger charge is 2.12. The number of imidazole rings is 1. The second-order valence-electron chi connectivity index (χ2n) is 4.51. The van der Waals surface area contributed by atoms with Crippen LogP contribution < -0.4 is 0 Å². The molecule has 1 aliphatic heterocycles. The van der Waals surface area contributed by atoms with Gasteiger partial charge in [-0.2, -0.15) is 0 Å². The summed E-state index contributed by atoms with van der Waals surface area (Å²) < 4.78 is 5.34. The third-order valence-electron chi connectivity index (χ3n) is 3.17. The number of hydrogen-bond acceptors (Lipinski definition) is 3. The van der Waals surface area contributed by atoms with E-state index in [1.54, 1.807) is 0 Å². The highest BCUT2D eigenvalue weighted by atomic mass is 16.5. The lowest BCUT2D eigenvalue weighted by Gasteiger charge is -2.25. The van der Waals surface area contributed by atoms with Crippen LogP contribution in [0.25, 0.3) is 11.4 Å². The Morgan fingerprint density at radius 1 is 1.17 bits per heavy atom. The van der Waals surface area contributed by atoms with Crippen LogP contribution in [0, 0.1) is 0 Å². The average molecular weight is 243 g/mol. The SMILES string of the molecule is c1ccc(-c2ncc(CN3CCOCC3)[nH]2)cc1. The number of rotatable bonds is 3. The zero-order valence-corrected chi connectivity index (χ0v) is 10.3. The van der Waals surface area contributed by atoms with Gasteiger partial charge >= 0.3 is 0 Å². The monoisotopic (exact) mass is 243 g/mol. The second-order valence-corrected chi connectivity index (χ2v) is 4.51. The third-order valence-corrected chi connectivity index (χ3v) is 3.17. The molecular formula is C14H17N3O. The minimum atomic E-state index is 0.833. The van der Waals surface area contributed by atoms with Crippen molar-refractivity contribution in [2.75, 3.05) is 26.3 Å². The van der Waals surface area contributed by atoms with E-state index in [9.17, 15) is 0 Å². The van der Waals surface area contributed by atoms with Gasteiger partial charge in [-0.15, -0.1) is 0 Å². The molecule has 0 amide bonds. The van der Waals surface area contributed by atoms with Crippen molar-refractivity contribution >= 4 is 0 Å². The molecular weight excluding hydrogens is 226 g/mol. The van der Waals surface area contributed by atoms with Crippen molar-refractivity contribution < 1.29 is 4.74 Å². The van der Waals surface area contributed by atoms with Crippen LogP contribution in [0.1, 0.15) is 5.69 Å². The Hall–Kier alpha value is -1.65. The molecule has 1 aromatic heterocycles. The van der Waals surface area contributed by atoms with Gasteiger partial charge < -0.3 is 9.72 Å². The van der Waals surface area contributed by atoms with E-state index in [1.165, 1.54) is 0 Å². The molecule has 18 heavy (non-hydrogen) atoms. The Balaban J connectivity index is 1.69. The summed E-state index contributed by atoms with van der Waals surface area (Å²) >= 11 is 0. The number of nitrogens with zero attached hydrogens (tertiary/aromatic N) is 2. The van der Waals surface area contributed by atoms with Gasteiger partial charge in [0.25, 0.3) is 0 Å². The molecule has 1 N–H and O–H groups in total. The van der Waals surface area contributed by atoms with Gasteiger partial charge in [0.05, 0.1) is 13.2 Å². The molecule has 1 saturated heterocycles. The molecule has 1 aromatic carbocycles. The quantitative estimate of drug-likeness (QED) is 0.895. The number of benzene rings is 1. The van der Waals surface area contributed by atoms with Gasteiger partial charge in [-0.1, -0.05) is 30.3 Å². The number of ether oxygens (including phenoxy) is 1. The predicted octanol–water partition coefficient (Wildman–Crippen LogP) is 1.91. The number of morpholine rings is 1. The van der Waals surface area contributed by atoms with Crippen LogP contribution in [0.15, 0.2) is 36.5 Å². The normalized spacial score (nSPS) is 16.9. The van der Waals surface area contributed by atoms with Crippen LogP contribution in [0.3, 0.4) is 0 Å². The van der Waals surface area contributed by atoms with Gasteiger partial charge in [0.15, 0.2) is 0 Å². The van der Waals surface area contributed by atoms with Gasteiger partial charge in [-0.25, -0.2) is 4.98 Å². The van der Waals surface area contributed by atoms with Crippen LogP contribution in [0.4, 0.5) is 0 Å².